The molecule has 1 heterocycles. The van der Waals surface area contributed by atoms with Crippen LogP contribution in [0.15, 0.2) is 24.4 Å². The van der Waals surface area contributed by atoms with Crippen molar-refractivity contribution in [3.05, 3.63) is 30.1 Å². The summed E-state index contributed by atoms with van der Waals surface area (Å²) in [6.45, 7) is 2.23. The van der Waals surface area contributed by atoms with Crippen LogP contribution in [-0.2, 0) is 14.8 Å². The van der Waals surface area contributed by atoms with Gasteiger partial charge in [-0.05, 0) is 18.6 Å². The van der Waals surface area contributed by atoms with Crippen molar-refractivity contribution in [1.29, 1.82) is 0 Å². The molecule has 5 nitrogen and oxygen atoms in total. The van der Waals surface area contributed by atoms with Gasteiger partial charge in [0, 0.05) is 13.3 Å². The Hall–Kier alpha value is -0.980. The van der Waals surface area contributed by atoms with E-state index >= 15 is 0 Å². The SMILES string of the molecule is CCCCS(=O)(=O)N[C@@H](COC)c1ccccn1. The van der Waals surface area contributed by atoms with Gasteiger partial charge in [0.1, 0.15) is 0 Å². The van der Waals surface area contributed by atoms with Gasteiger partial charge in [0.15, 0.2) is 0 Å². The van der Waals surface area contributed by atoms with Crippen LogP contribution < -0.4 is 4.72 Å². The topological polar surface area (TPSA) is 68.3 Å². The standard InChI is InChI=1S/C12H20N2O3S/c1-3-4-9-18(15,16)14-12(10-17-2)11-7-5-6-8-13-11/h5-8,12,14H,3-4,9-10H2,1-2H3/t12-/m0/s1. The Labute approximate surface area is 109 Å². The molecule has 0 aliphatic heterocycles. The summed E-state index contributed by atoms with van der Waals surface area (Å²) in [7, 11) is -1.75. The number of methoxy groups -OCH3 is 1. The van der Waals surface area contributed by atoms with Crippen molar-refractivity contribution in [2.45, 2.75) is 25.8 Å². The number of nitrogens with one attached hydrogen (secondary N) is 1. The van der Waals surface area contributed by atoms with Crippen LogP contribution in [-0.4, -0.2) is 32.9 Å². The minimum absolute atomic E-state index is 0.135. The zero-order valence-corrected chi connectivity index (χ0v) is 11.6. The van der Waals surface area contributed by atoms with Crippen molar-refractivity contribution in [2.24, 2.45) is 0 Å². The van der Waals surface area contributed by atoms with Crippen LogP contribution in [0, 0.1) is 0 Å². The minimum Gasteiger partial charge on any atom is -0.383 e. The summed E-state index contributed by atoms with van der Waals surface area (Å²) in [5.41, 5.74) is 0.666. The molecule has 0 amide bonds. The van der Waals surface area contributed by atoms with E-state index in [0.717, 1.165) is 6.42 Å². The fourth-order valence-corrected chi connectivity index (χ4v) is 2.95. The Morgan fingerprint density at radius 1 is 1.44 bits per heavy atom. The van der Waals surface area contributed by atoms with Crippen LogP contribution in [0.4, 0.5) is 0 Å². The second-order valence-electron chi connectivity index (χ2n) is 4.05. The van der Waals surface area contributed by atoms with E-state index < -0.39 is 16.1 Å². The lowest BCUT2D eigenvalue weighted by molar-refractivity contribution is 0.174. The van der Waals surface area contributed by atoms with E-state index in [1.807, 2.05) is 13.0 Å². The van der Waals surface area contributed by atoms with E-state index in [2.05, 4.69) is 9.71 Å². The molecule has 102 valence electrons. The fourth-order valence-electron chi connectivity index (χ4n) is 1.54. The highest BCUT2D eigenvalue weighted by molar-refractivity contribution is 7.89. The fraction of sp³-hybridized carbons (Fsp3) is 0.583. The zero-order valence-electron chi connectivity index (χ0n) is 10.8. The van der Waals surface area contributed by atoms with E-state index in [9.17, 15) is 8.42 Å². The summed E-state index contributed by atoms with van der Waals surface area (Å²) >= 11 is 0. The molecule has 1 atom stereocenters. The average Bonchev–Trinajstić information content (AvgIpc) is 2.37. The van der Waals surface area contributed by atoms with E-state index in [1.54, 1.807) is 18.3 Å². The van der Waals surface area contributed by atoms with Crippen LogP contribution in [0.2, 0.25) is 0 Å². The quantitative estimate of drug-likeness (QED) is 0.778. The molecule has 0 saturated heterocycles. The van der Waals surface area contributed by atoms with E-state index in [-0.39, 0.29) is 12.4 Å². The third-order valence-electron chi connectivity index (χ3n) is 2.47. The first-order valence-electron chi connectivity index (χ1n) is 5.99. The number of nitrogens with zero attached hydrogens (tertiary/aromatic N) is 1. The van der Waals surface area contributed by atoms with Gasteiger partial charge in [-0.15, -0.1) is 0 Å². The largest absolute Gasteiger partial charge is 0.383 e. The van der Waals surface area contributed by atoms with Crippen LogP contribution in [0.3, 0.4) is 0 Å². The lowest BCUT2D eigenvalue weighted by atomic mass is 10.2. The van der Waals surface area contributed by atoms with Crippen molar-refractivity contribution in [2.75, 3.05) is 19.5 Å². The number of hydrogen-bond donors (Lipinski definition) is 1. The zero-order chi connectivity index (χ0) is 13.4. The molecule has 1 aromatic rings. The van der Waals surface area contributed by atoms with Crippen LogP contribution in [0.1, 0.15) is 31.5 Å². The molecule has 1 N–H and O–H groups in total. The summed E-state index contributed by atoms with van der Waals surface area (Å²) in [5.74, 6) is 0.135. The monoisotopic (exact) mass is 272 g/mol. The Morgan fingerprint density at radius 2 is 2.22 bits per heavy atom. The molecule has 0 unspecified atom stereocenters. The number of rotatable bonds is 8. The highest BCUT2D eigenvalue weighted by atomic mass is 32.2. The number of hydrogen-bond acceptors (Lipinski definition) is 4. The molecule has 0 radical (unpaired) electrons. The van der Waals surface area contributed by atoms with E-state index in [0.29, 0.717) is 12.1 Å². The molecule has 1 rings (SSSR count). The van der Waals surface area contributed by atoms with Gasteiger partial charge in [-0.1, -0.05) is 19.4 Å². The van der Waals surface area contributed by atoms with Crippen molar-refractivity contribution >= 4 is 10.0 Å². The molecule has 1 aromatic heterocycles. The van der Waals surface area contributed by atoms with E-state index in [4.69, 9.17) is 4.74 Å². The Balaban J connectivity index is 2.75. The summed E-state index contributed by atoms with van der Waals surface area (Å²) in [4.78, 5) is 4.16. The molecule has 0 aliphatic rings. The number of sulfonamides is 1. The average molecular weight is 272 g/mol. The number of unbranched alkanes of at least 4 members (excludes halogenated alkanes) is 1. The summed E-state index contributed by atoms with van der Waals surface area (Å²) in [5, 5.41) is 0. The molecule has 0 spiro atoms. The predicted octanol–water partition coefficient (Wildman–Crippen LogP) is 1.49. The van der Waals surface area contributed by atoms with Gasteiger partial charge in [0.25, 0.3) is 0 Å². The van der Waals surface area contributed by atoms with Crippen molar-refractivity contribution in [1.82, 2.24) is 9.71 Å². The van der Waals surface area contributed by atoms with Crippen LogP contribution >= 0.6 is 0 Å². The Bertz CT molecular complexity index is 434. The first-order chi connectivity index (χ1) is 8.59. The smallest absolute Gasteiger partial charge is 0.212 e. The maximum atomic E-state index is 11.9. The number of pyridine rings is 1. The van der Waals surface area contributed by atoms with Gasteiger partial charge >= 0.3 is 0 Å². The van der Waals surface area contributed by atoms with Gasteiger partial charge in [0.05, 0.1) is 24.1 Å². The Morgan fingerprint density at radius 3 is 2.78 bits per heavy atom. The summed E-state index contributed by atoms with van der Waals surface area (Å²) in [6.07, 6.45) is 3.13. The molecule has 0 fully saturated rings. The van der Waals surface area contributed by atoms with Gasteiger partial charge < -0.3 is 4.74 Å². The molecular weight excluding hydrogens is 252 g/mol. The number of aromatic nitrogens is 1. The third-order valence-corrected chi connectivity index (χ3v) is 3.94. The van der Waals surface area contributed by atoms with Crippen LogP contribution in [0.25, 0.3) is 0 Å². The Kier molecular flexibility index (Phi) is 6.24. The number of ether oxygens (including phenoxy) is 1. The molecule has 6 heteroatoms. The molecule has 0 aliphatic carbocycles. The maximum Gasteiger partial charge on any atom is 0.212 e. The van der Waals surface area contributed by atoms with Gasteiger partial charge in [-0.25, -0.2) is 13.1 Å². The normalized spacial score (nSPS) is 13.4. The maximum absolute atomic E-state index is 11.9. The highest BCUT2D eigenvalue weighted by Crippen LogP contribution is 2.11. The molecular formula is C12H20N2O3S. The second kappa shape index (κ2) is 7.45. The van der Waals surface area contributed by atoms with Crippen molar-refractivity contribution < 1.29 is 13.2 Å². The molecule has 18 heavy (non-hydrogen) atoms. The molecule has 0 bridgehead atoms. The summed E-state index contributed by atoms with van der Waals surface area (Å²) < 4.78 is 31.4. The summed E-state index contributed by atoms with van der Waals surface area (Å²) in [6, 6.07) is 4.97. The minimum atomic E-state index is -3.28. The first-order valence-corrected chi connectivity index (χ1v) is 7.64. The van der Waals surface area contributed by atoms with Crippen molar-refractivity contribution in [3.63, 3.8) is 0 Å². The molecule has 0 saturated carbocycles. The molecule has 0 aromatic carbocycles. The van der Waals surface area contributed by atoms with Gasteiger partial charge in [-0.3, -0.25) is 4.98 Å². The lowest BCUT2D eigenvalue weighted by Gasteiger charge is -2.17. The van der Waals surface area contributed by atoms with Gasteiger partial charge in [-0.2, -0.15) is 0 Å². The third kappa shape index (κ3) is 5.12. The highest BCUT2D eigenvalue weighted by Gasteiger charge is 2.19. The predicted molar refractivity (Wildman–Crippen MR) is 70.7 cm³/mol. The lowest BCUT2D eigenvalue weighted by Crippen LogP contribution is -2.33. The first kappa shape index (κ1) is 15.1. The van der Waals surface area contributed by atoms with E-state index in [1.165, 1.54) is 7.11 Å². The second-order valence-corrected chi connectivity index (χ2v) is 5.93. The van der Waals surface area contributed by atoms with Gasteiger partial charge in [0.2, 0.25) is 10.0 Å². The van der Waals surface area contributed by atoms with Crippen molar-refractivity contribution in [3.8, 4) is 0 Å². The van der Waals surface area contributed by atoms with Crippen LogP contribution in [0.5, 0.6) is 0 Å².